The van der Waals surface area contributed by atoms with Crippen molar-refractivity contribution in [3.05, 3.63) is 35.4 Å². The minimum absolute atomic E-state index is 0.146. The lowest BCUT2D eigenvalue weighted by Gasteiger charge is -2.36. The van der Waals surface area contributed by atoms with Gasteiger partial charge in [0.05, 0.1) is 0 Å². The Balaban J connectivity index is 3.50. The second-order valence-corrected chi connectivity index (χ2v) is 12.0. The van der Waals surface area contributed by atoms with Gasteiger partial charge >= 0.3 is 6.09 Å². The van der Waals surface area contributed by atoms with Gasteiger partial charge in [-0.1, -0.05) is 58.4 Å². The van der Waals surface area contributed by atoms with E-state index in [1.54, 1.807) is 25.7 Å². The Bertz CT molecular complexity index is 851. The summed E-state index contributed by atoms with van der Waals surface area (Å²) in [5.41, 5.74) is 0.751. The molecule has 0 aliphatic heterocycles. The molecule has 0 radical (unpaired) electrons. The lowest BCUT2D eigenvalue weighted by atomic mass is 9.97. The zero-order valence-electron chi connectivity index (χ0n) is 24.2. The lowest BCUT2D eigenvalue weighted by Crippen LogP contribution is -2.55. The number of hydrogen-bond donors (Lipinski definition) is 2. The van der Waals surface area contributed by atoms with Crippen LogP contribution in [0.2, 0.25) is 0 Å². The van der Waals surface area contributed by atoms with Crippen molar-refractivity contribution < 1.29 is 19.1 Å². The summed E-state index contributed by atoms with van der Waals surface area (Å²) in [5.74, 6) is -0.374. The molecule has 7 nitrogen and oxygen atoms in total. The van der Waals surface area contributed by atoms with Crippen LogP contribution in [0.4, 0.5) is 4.79 Å². The van der Waals surface area contributed by atoms with Crippen molar-refractivity contribution in [1.29, 1.82) is 0 Å². The van der Waals surface area contributed by atoms with Crippen LogP contribution < -0.4 is 10.6 Å². The van der Waals surface area contributed by atoms with Crippen molar-refractivity contribution in [2.75, 3.05) is 6.54 Å². The smallest absolute Gasteiger partial charge is 0.408 e. The molecule has 2 N–H and O–H groups in total. The zero-order valence-corrected chi connectivity index (χ0v) is 24.2. The average Bonchev–Trinajstić information content (AvgIpc) is 2.73. The molecule has 1 rings (SSSR count). The first-order valence-corrected chi connectivity index (χ1v) is 13.3. The van der Waals surface area contributed by atoms with Crippen molar-refractivity contribution >= 4 is 17.9 Å². The molecular weight excluding hydrogens is 454 g/mol. The van der Waals surface area contributed by atoms with E-state index in [4.69, 9.17) is 4.74 Å². The van der Waals surface area contributed by atoms with Crippen LogP contribution >= 0.6 is 0 Å². The van der Waals surface area contributed by atoms with Gasteiger partial charge in [0.25, 0.3) is 0 Å². The number of amides is 3. The lowest BCUT2D eigenvalue weighted by molar-refractivity contribution is -0.143. The van der Waals surface area contributed by atoms with Crippen molar-refractivity contribution in [1.82, 2.24) is 15.5 Å². The van der Waals surface area contributed by atoms with Crippen LogP contribution in [0.5, 0.6) is 0 Å². The largest absolute Gasteiger partial charge is 0.444 e. The molecular formula is C29H49N3O4. The summed E-state index contributed by atoms with van der Waals surface area (Å²) in [4.78, 5) is 42.0. The third kappa shape index (κ3) is 11.0. The zero-order chi connectivity index (χ0) is 27.7. The maximum Gasteiger partial charge on any atom is 0.408 e. The predicted molar refractivity (Wildman–Crippen MR) is 146 cm³/mol. The Labute approximate surface area is 218 Å². The van der Waals surface area contributed by atoms with Crippen molar-refractivity contribution in [2.45, 2.75) is 118 Å². The maximum absolute atomic E-state index is 14.1. The first-order chi connectivity index (χ1) is 16.6. The van der Waals surface area contributed by atoms with Gasteiger partial charge in [0.15, 0.2) is 0 Å². The number of rotatable bonds is 11. The average molecular weight is 504 g/mol. The quantitative estimate of drug-likeness (QED) is 0.401. The summed E-state index contributed by atoms with van der Waals surface area (Å²) in [6, 6.07) is 6.23. The number of nitrogens with zero attached hydrogens (tertiary/aromatic N) is 1. The molecule has 0 saturated carbocycles. The fraction of sp³-hybridized carbons (Fsp3) is 0.690. The molecule has 1 aromatic carbocycles. The summed E-state index contributed by atoms with van der Waals surface area (Å²) >= 11 is 0. The molecule has 7 heteroatoms. The number of alkyl carbamates (subject to hydrolysis) is 1. The number of benzene rings is 1. The second-order valence-electron chi connectivity index (χ2n) is 12.0. The summed E-state index contributed by atoms with van der Waals surface area (Å²) in [6.07, 6.45) is 2.27. The number of hydrogen-bond acceptors (Lipinski definition) is 4. The molecule has 1 aromatic rings. The van der Waals surface area contributed by atoms with E-state index in [0.29, 0.717) is 13.0 Å². The maximum atomic E-state index is 14.1. The van der Waals surface area contributed by atoms with Gasteiger partial charge in [-0.2, -0.15) is 0 Å². The molecule has 0 aliphatic rings. The van der Waals surface area contributed by atoms with Gasteiger partial charge in [0.1, 0.15) is 17.7 Å². The van der Waals surface area contributed by atoms with E-state index in [1.165, 1.54) is 0 Å². The molecule has 0 bridgehead atoms. The molecule has 0 saturated heterocycles. The van der Waals surface area contributed by atoms with Gasteiger partial charge in [0.2, 0.25) is 11.8 Å². The van der Waals surface area contributed by atoms with Gasteiger partial charge < -0.3 is 20.3 Å². The topological polar surface area (TPSA) is 87.7 Å². The van der Waals surface area contributed by atoms with E-state index < -0.39 is 29.3 Å². The molecule has 0 heterocycles. The molecule has 2 unspecified atom stereocenters. The van der Waals surface area contributed by atoms with Crippen molar-refractivity contribution in [3.63, 3.8) is 0 Å². The second kappa shape index (κ2) is 13.7. The fourth-order valence-corrected chi connectivity index (χ4v) is 3.88. The normalized spacial score (nSPS) is 13.6. The molecule has 2 atom stereocenters. The summed E-state index contributed by atoms with van der Waals surface area (Å²) < 4.78 is 5.44. The number of unbranched alkanes of at least 4 members (excludes halogenated alkanes) is 1. The predicted octanol–water partition coefficient (Wildman–Crippen LogP) is 5.77. The third-order valence-corrected chi connectivity index (χ3v) is 5.49. The molecule has 0 aliphatic carbocycles. The van der Waals surface area contributed by atoms with Gasteiger partial charge in [-0.05, 0) is 77.8 Å². The molecule has 0 fully saturated rings. The van der Waals surface area contributed by atoms with Gasteiger partial charge in [-0.3, -0.25) is 9.59 Å². The van der Waals surface area contributed by atoms with Gasteiger partial charge in [0, 0.05) is 12.1 Å². The SMILES string of the molecule is CCCCN(C(=O)C(CC(C)C)NC(=O)OC(C)(C)C)C(C(=O)NC(C)(C)C)c1ccc(CC)cc1. The number of nitrogens with one attached hydrogen (secondary N) is 2. The Morgan fingerprint density at radius 1 is 0.972 bits per heavy atom. The number of carbonyl (C=O) groups is 3. The monoisotopic (exact) mass is 503 g/mol. The Kier molecular flexibility index (Phi) is 11.9. The first-order valence-electron chi connectivity index (χ1n) is 13.3. The highest BCUT2D eigenvalue weighted by atomic mass is 16.6. The molecule has 204 valence electrons. The van der Waals surface area contributed by atoms with Gasteiger partial charge in [-0.25, -0.2) is 4.79 Å². The summed E-state index contributed by atoms with van der Waals surface area (Å²) in [5, 5.41) is 5.85. The highest BCUT2D eigenvalue weighted by Gasteiger charge is 2.37. The highest BCUT2D eigenvalue weighted by Crippen LogP contribution is 2.26. The molecule has 3 amide bonds. The van der Waals surface area contributed by atoms with Crippen LogP contribution in [0, 0.1) is 5.92 Å². The van der Waals surface area contributed by atoms with Crippen LogP contribution in [0.3, 0.4) is 0 Å². The van der Waals surface area contributed by atoms with E-state index in [9.17, 15) is 14.4 Å². The molecule has 36 heavy (non-hydrogen) atoms. The highest BCUT2D eigenvalue weighted by molar-refractivity contribution is 5.92. The Hall–Kier alpha value is -2.57. The third-order valence-electron chi connectivity index (χ3n) is 5.49. The van der Waals surface area contributed by atoms with E-state index >= 15 is 0 Å². The fourth-order valence-electron chi connectivity index (χ4n) is 3.88. The van der Waals surface area contributed by atoms with Crippen LogP contribution in [-0.2, 0) is 20.7 Å². The summed E-state index contributed by atoms with van der Waals surface area (Å²) in [6.45, 7) is 19.6. The van der Waals surface area contributed by atoms with E-state index in [2.05, 4.69) is 17.6 Å². The standard InChI is InChI=1S/C29H49N3O4/c1-11-13-18-32(26(34)23(19-20(3)4)30-27(35)36-29(8,9)10)24(25(33)31-28(5,6)7)22-16-14-21(12-2)15-17-22/h14-17,20,23-24H,11-13,18-19H2,1-10H3,(H,30,35)(H,31,33). The Morgan fingerprint density at radius 3 is 2.00 bits per heavy atom. The van der Waals surface area contributed by atoms with E-state index in [-0.39, 0.29) is 17.7 Å². The van der Waals surface area contributed by atoms with Crippen molar-refractivity contribution in [3.8, 4) is 0 Å². The van der Waals surface area contributed by atoms with Crippen molar-refractivity contribution in [2.24, 2.45) is 5.92 Å². The number of ether oxygens (including phenoxy) is 1. The summed E-state index contributed by atoms with van der Waals surface area (Å²) in [7, 11) is 0. The van der Waals surface area contributed by atoms with Crippen LogP contribution in [-0.4, -0.2) is 46.5 Å². The van der Waals surface area contributed by atoms with Gasteiger partial charge in [-0.15, -0.1) is 0 Å². The molecule has 0 spiro atoms. The first kappa shape index (κ1) is 31.5. The minimum atomic E-state index is -0.815. The number of carbonyl (C=O) groups excluding carboxylic acids is 3. The Morgan fingerprint density at radius 2 is 1.56 bits per heavy atom. The van der Waals surface area contributed by atoms with Crippen LogP contribution in [0.15, 0.2) is 24.3 Å². The molecule has 0 aromatic heterocycles. The van der Waals surface area contributed by atoms with Crippen LogP contribution in [0.25, 0.3) is 0 Å². The number of aryl methyl sites for hydroxylation is 1. The van der Waals surface area contributed by atoms with E-state index in [1.807, 2.05) is 65.8 Å². The van der Waals surface area contributed by atoms with E-state index in [0.717, 1.165) is 30.4 Å². The minimum Gasteiger partial charge on any atom is -0.444 e. The van der Waals surface area contributed by atoms with Crippen LogP contribution in [0.1, 0.15) is 106 Å².